The van der Waals surface area contributed by atoms with Gasteiger partial charge in [0.2, 0.25) is 0 Å². The number of rotatable bonds is 6. The molecule has 0 saturated carbocycles. The predicted octanol–water partition coefficient (Wildman–Crippen LogP) is 4.27. The summed E-state index contributed by atoms with van der Waals surface area (Å²) < 4.78 is 6.46. The zero-order valence-electron chi connectivity index (χ0n) is 12.6. The summed E-state index contributed by atoms with van der Waals surface area (Å²) in [5.74, 6) is 0.907. The molecule has 1 atom stereocenters. The molecule has 0 spiro atoms. The van der Waals surface area contributed by atoms with Crippen molar-refractivity contribution >= 4 is 15.9 Å². The minimum atomic E-state index is 0.133. The first-order chi connectivity index (χ1) is 10.1. The lowest BCUT2D eigenvalue weighted by Gasteiger charge is -2.15. The van der Waals surface area contributed by atoms with Crippen molar-refractivity contribution in [3.63, 3.8) is 0 Å². The van der Waals surface area contributed by atoms with Crippen molar-refractivity contribution in [2.75, 3.05) is 7.11 Å². The summed E-state index contributed by atoms with van der Waals surface area (Å²) in [7, 11) is 1.70. The zero-order valence-corrected chi connectivity index (χ0v) is 14.2. The van der Waals surface area contributed by atoms with Crippen LogP contribution in [-0.4, -0.2) is 13.2 Å². The Bertz CT molecular complexity index is 598. The quantitative estimate of drug-likeness (QED) is 0.846. The number of hydrogen-bond donors (Lipinski definition) is 1. The van der Waals surface area contributed by atoms with Crippen molar-refractivity contribution in [1.82, 2.24) is 0 Å². The van der Waals surface area contributed by atoms with Gasteiger partial charge in [-0.2, -0.15) is 0 Å². The lowest BCUT2D eigenvalue weighted by atomic mass is 9.98. The van der Waals surface area contributed by atoms with Gasteiger partial charge in [0.05, 0.1) is 7.11 Å². The second-order valence-electron chi connectivity index (χ2n) is 5.45. The molecule has 0 amide bonds. The highest BCUT2D eigenvalue weighted by Gasteiger charge is 2.10. The van der Waals surface area contributed by atoms with Crippen LogP contribution in [-0.2, 0) is 12.8 Å². The monoisotopic (exact) mass is 347 g/mol. The standard InChI is InChI=1S/C18H22BrNO/c1-13-4-3-5-14(10-13)6-8-17(20)12-15-11-16(19)7-9-18(15)21-2/h3-5,7,9-11,17H,6,8,12,20H2,1-2H3. The van der Waals surface area contributed by atoms with Crippen molar-refractivity contribution in [2.45, 2.75) is 32.2 Å². The maximum atomic E-state index is 6.29. The van der Waals surface area contributed by atoms with Gasteiger partial charge in [0.25, 0.3) is 0 Å². The molecule has 0 heterocycles. The number of aryl methyl sites for hydroxylation is 2. The lowest BCUT2D eigenvalue weighted by molar-refractivity contribution is 0.407. The van der Waals surface area contributed by atoms with E-state index in [-0.39, 0.29) is 6.04 Å². The van der Waals surface area contributed by atoms with Crippen LogP contribution in [0.1, 0.15) is 23.1 Å². The topological polar surface area (TPSA) is 35.2 Å². The summed E-state index contributed by atoms with van der Waals surface area (Å²) in [4.78, 5) is 0. The third kappa shape index (κ3) is 4.87. The highest BCUT2D eigenvalue weighted by Crippen LogP contribution is 2.24. The van der Waals surface area contributed by atoms with Crippen LogP contribution in [0.4, 0.5) is 0 Å². The fourth-order valence-electron chi connectivity index (χ4n) is 2.51. The number of methoxy groups -OCH3 is 1. The Hall–Kier alpha value is -1.32. The molecule has 2 rings (SSSR count). The summed E-state index contributed by atoms with van der Waals surface area (Å²) in [6, 6.07) is 14.8. The van der Waals surface area contributed by atoms with Crippen molar-refractivity contribution in [2.24, 2.45) is 5.73 Å². The molecule has 2 nitrogen and oxygen atoms in total. The van der Waals surface area contributed by atoms with E-state index >= 15 is 0 Å². The molecule has 0 fully saturated rings. The van der Waals surface area contributed by atoms with Crippen LogP contribution in [0.25, 0.3) is 0 Å². The van der Waals surface area contributed by atoms with E-state index < -0.39 is 0 Å². The van der Waals surface area contributed by atoms with Crippen LogP contribution in [0.3, 0.4) is 0 Å². The van der Waals surface area contributed by atoms with Crippen LogP contribution in [0.15, 0.2) is 46.9 Å². The minimum Gasteiger partial charge on any atom is -0.496 e. The van der Waals surface area contributed by atoms with E-state index in [4.69, 9.17) is 10.5 Å². The van der Waals surface area contributed by atoms with E-state index in [2.05, 4.69) is 53.2 Å². The Labute approximate surface area is 135 Å². The maximum Gasteiger partial charge on any atom is 0.122 e. The minimum absolute atomic E-state index is 0.133. The fraction of sp³-hybridized carbons (Fsp3) is 0.333. The Kier molecular flexibility index (Phi) is 5.83. The summed E-state index contributed by atoms with van der Waals surface area (Å²) >= 11 is 3.50. The van der Waals surface area contributed by atoms with Gasteiger partial charge in [0.1, 0.15) is 5.75 Å². The molecule has 21 heavy (non-hydrogen) atoms. The third-order valence-corrected chi connectivity index (χ3v) is 4.10. The highest BCUT2D eigenvalue weighted by molar-refractivity contribution is 9.10. The molecule has 112 valence electrons. The van der Waals surface area contributed by atoms with Crippen molar-refractivity contribution < 1.29 is 4.74 Å². The normalized spacial score (nSPS) is 12.2. The summed E-state index contributed by atoms with van der Waals surface area (Å²) in [5.41, 5.74) is 10.1. The molecule has 0 aliphatic carbocycles. The van der Waals surface area contributed by atoms with Crippen LogP contribution in [0.2, 0.25) is 0 Å². The van der Waals surface area contributed by atoms with E-state index in [1.54, 1.807) is 7.11 Å². The predicted molar refractivity (Wildman–Crippen MR) is 91.9 cm³/mol. The molecule has 2 N–H and O–H groups in total. The number of halogens is 1. The number of hydrogen-bond acceptors (Lipinski definition) is 2. The van der Waals surface area contributed by atoms with Crippen molar-refractivity contribution in [1.29, 1.82) is 0 Å². The smallest absolute Gasteiger partial charge is 0.122 e. The van der Waals surface area contributed by atoms with Crippen LogP contribution >= 0.6 is 15.9 Å². The molecular formula is C18H22BrNO. The SMILES string of the molecule is COc1ccc(Br)cc1CC(N)CCc1cccc(C)c1. The lowest BCUT2D eigenvalue weighted by Crippen LogP contribution is -2.23. The molecular weight excluding hydrogens is 326 g/mol. The van der Waals surface area contributed by atoms with E-state index in [1.807, 2.05) is 12.1 Å². The largest absolute Gasteiger partial charge is 0.496 e. The van der Waals surface area contributed by atoms with Gasteiger partial charge in [-0.3, -0.25) is 0 Å². The van der Waals surface area contributed by atoms with Crippen molar-refractivity contribution in [3.8, 4) is 5.75 Å². The van der Waals surface area contributed by atoms with E-state index in [9.17, 15) is 0 Å². The molecule has 3 heteroatoms. The van der Waals surface area contributed by atoms with E-state index in [0.29, 0.717) is 0 Å². The van der Waals surface area contributed by atoms with E-state index in [1.165, 1.54) is 11.1 Å². The second kappa shape index (κ2) is 7.62. The number of nitrogens with two attached hydrogens (primary N) is 1. The average molecular weight is 348 g/mol. The van der Waals surface area contributed by atoms with Gasteiger partial charge >= 0.3 is 0 Å². The highest BCUT2D eigenvalue weighted by atomic mass is 79.9. The second-order valence-corrected chi connectivity index (χ2v) is 6.36. The zero-order chi connectivity index (χ0) is 15.2. The number of benzene rings is 2. The first-order valence-corrected chi connectivity index (χ1v) is 8.01. The fourth-order valence-corrected chi connectivity index (χ4v) is 2.92. The summed E-state index contributed by atoms with van der Waals surface area (Å²) in [5, 5.41) is 0. The summed E-state index contributed by atoms with van der Waals surface area (Å²) in [6.45, 7) is 2.12. The van der Waals surface area contributed by atoms with Gasteiger partial charge in [-0.15, -0.1) is 0 Å². The first-order valence-electron chi connectivity index (χ1n) is 7.22. The van der Waals surface area contributed by atoms with Gasteiger partial charge in [0, 0.05) is 10.5 Å². The van der Waals surface area contributed by atoms with Crippen LogP contribution < -0.4 is 10.5 Å². The molecule has 0 bridgehead atoms. The van der Waals surface area contributed by atoms with Gasteiger partial charge in [0.15, 0.2) is 0 Å². The maximum absolute atomic E-state index is 6.29. The molecule has 0 radical (unpaired) electrons. The van der Waals surface area contributed by atoms with Crippen molar-refractivity contribution in [3.05, 3.63) is 63.6 Å². The van der Waals surface area contributed by atoms with Gasteiger partial charge in [-0.25, -0.2) is 0 Å². The Morgan fingerprint density at radius 3 is 2.71 bits per heavy atom. The molecule has 0 aliphatic heterocycles. The van der Waals surface area contributed by atoms with Crippen LogP contribution in [0, 0.1) is 6.92 Å². The molecule has 2 aromatic rings. The van der Waals surface area contributed by atoms with Gasteiger partial charge < -0.3 is 10.5 Å². The first kappa shape index (κ1) is 16.1. The molecule has 0 saturated heterocycles. The molecule has 0 aromatic heterocycles. The Morgan fingerprint density at radius 1 is 1.19 bits per heavy atom. The Balaban J connectivity index is 1.95. The third-order valence-electron chi connectivity index (χ3n) is 3.61. The molecule has 1 unspecified atom stereocenters. The van der Waals surface area contributed by atoms with Gasteiger partial charge in [-0.1, -0.05) is 45.8 Å². The molecule has 0 aliphatic rings. The average Bonchev–Trinajstić information content (AvgIpc) is 2.45. The molecule has 2 aromatic carbocycles. The number of ether oxygens (including phenoxy) is 1. The Morgan fingerprint density at radius 2 is 2.00 bits per heavy atom. The van der Waals surface area contributed by atoms with Crippen LogP contribution in [0.5, 0.6) is 5.75 Å². The summed E-state index contributed by atoms with van der Waals surface area (Å²) in [6.07, 6.45) is 2.81. The van der Waals surface area contributed by atoms with Gasteiger partial charge in [-0.05, 0) is 55.5 Å². The van der Waals surface area contributed by atoms with E-state index in [0.717, 1.165) is 35.0 Å².